The van der Waals surface area contributed by atoms with Gasteiger partial charge >= 0.3 is 0 Å². The summed E-state index contributed by atoms with van der Waals surface area (Å²) < 4.78 is 18.9. The van der Waals surface area contributed by atoms with Gasteiger partial charge in [-0.25, -0.2) is 4.39 Å². The quantitative estimate of drug-likeness (QED) is 0.797. The third-order valence-electron chi connectivity index (χ3n) is 2.88. The molecule has 0 spiro atoms. The molecule has 0 aliphatic heterocycles. The maximum atomic E-state index is 13.0. The van der Waals surface area contributed by atoms with Crippen LogP contribution in [-0.4, -0.2) is 29.8 Å². The third-order valence-corrected chi connectivity index (χ3v) is 3.50. The van der Waals surface area contributed by atoms with Gasteiger partial charge in [0.1, 0.15) is 11.6 Å². The zero-order valence-electron chi connectivity index (χ0n) is 11.5. The van der Waals surface area contributed by atoms with Crippen LogP contribution in [0.15, 0.2) is 22.7 Å². The Labute approximate surface area is 126 Å². The predicted molar refractivity (Wildman–Crippen MR) is 78.1 cm³/mol. The van der Waals surface area contributed by atoms with Crippen LogP contribution in [0.2, 0.25) is 0 Å². The molecular weight excluding hydrogens is 329 g/mol. The molecule has 6 heteroatoms. The lowest BCUT2D eigenvalue weighted by atomic mass is 10.1. The summed E-state index contributed by atoms with van der Waals surface area (Å²) in [5.74, 6) is -0.235. The highest BCUT2D eigenvalue weighted by Crippen LogP contribution is 2.26. The lowest BCUT2D eigenvalue weighted by molar-refractivity contribution is -0.128. The van der Waals surface area contributed by atoms with E-state index in [-0.39, 0.29) is 24.4 Å². The SMILES string of the molecule is CCC(CCO)NC(=O)C(C)Oc1ccc(F)cc1Br. The van der Waals surface area contributed by atoms with Crippen molar-refractivity contribution in [1.82, 2.24) is 5.32 Å². The summed E-state index contributed by atoms with van der Waals surface area (Å²) in [6, 6.07) is 3.94. The van der Waals surface area contributed by atoms with Crippen LogP contribution in [-0.2, 0) is 4.79 Å². The number of hydrogen-bond acceptors (Lipinski definition) is 3. The number of rotatable bonds is 7. The molecule has 112 valence electrons. The Morgan fingerprint density at radius 1 is 1.55 bits per heavy atom. The van der Waals surface area contributed by atoms with E-state index in [1.54, 1.807) is 6.92 Å². The van der Waals surface area contributed by atoms with E-state index in [0.717, 1.165) is 6.42 Å². The fraction of sp³-hybridized carbons (Fsp3) is 0.500. The second-order valence-electron chi connectivity index (χ2n) is 4.46. The van der Waals surface area contributed by atoms with Gasteiger partial charge < -0.3 is 15.2 Å². The van der Waals surface area contributed by atoms with Crippen molar-refractivity contribution in [1.29, 1.82) is 0 Å². The Balaban J connectivity index is 2.61. The minimum atomic E-state index is -0.704. The van der Waals surface area contributed by atoms with Crippen molar-refractivity contribution < 1.29 is 19.0 Å². The highest BCUT2D eigenvalue weighted by molar-refractivity contribution is 9.10. The van der Waals surface area contributed by atoms with Crippen LogP contribution >= 0.6 is 15.9 Å². The van der Waals surface area contributed by atoms with Gasteiger partial charge in [-0.1, -0.05) is 6.92 Å². The van der Waals surface area contributed by atoms with Gasteiger partial charge in [0.2, 0.25) is 0 Å². The number of ether oxygens (including phenoxy) is 1. The summed E-state index contributed by atoms with van der Waals surface area (Å²) in [6.45, 7) is 3.58. The molecule has 1 aromatic rings. The lowest BCUT2D eigenvalue weighted by Crippen LogP contribution is -2.42. The van der Waals surface area contributed by atoms with E-state index < -0.39 is 6.10 Å². The zero-order chi connectivity index (χ0) is 15.1. The summed E-state index contributed by atoms with van der Waals surface area (Å²) in [5, 5.41) is 11.7. The normalized spacial score (nSPS) is 13.7. The van der Waals surface area contributed by atoms with Crippen LogP contribution in [0.25, 0.3) is 0 Å². The van der Waals surface area contributed by atoms with Crippen LogP contribution in [0.3, 0.4) is 0 Å². The van der Waals surface area contributed by atoms with Crippen LogP contribution in [0, 0.1) is 5.82 Å². The first-order valence-electron chi connectivity index (χ1n) is 6.50. The molecule has 2 atom stereocenters. The molecule has 1 aromatic carbocycles. The number of aliphatic hydroxyl groups excluding tert-OH is 1. The molecule has 0 saturated carbocycles. The van der Waals surface area contributed by atoms with Crippen molar-refractivity contribution in [2.24, 2.45) is 0 Å². The summed E-state index contributed by atoms with van der Waals surface area (Å²) in [7, 11) is 0. The van der Waals surface area contributed by atoms with Gasteiger partial charge in [-0.15, -0.1) is 0 Å². The molecule has 4 nitrogen and oxygen atoms in total. The van der Waals surface area contributed by atoms with E-state index in [0.29, 0.717) is 16.6 Å². The van der Waals surface area contributed by atoms with Crippen molar-refractivity contribution in [2.45, 2.75) is 38.8 Å². The first-order valence-corrected chi connectivity index (χ1v) is 7.30. The van der Waals surface area contributed by atoms with Crippen LogP contribution in [0.1, 0.15) is 26.7 Å². The number of carbonyl (C=O) groups is 1. The minimum absolute atomic E-state index is 0.0253. The minimum Gasteiger partial charge on any atom is -0.480 e. The largest absolute Gasteiger partial charge is 0.480 e. The molecule has 20 heavy (non-hydrogen) atoms. The highest BCUT2D eigenvalue weighted by Gasteiger charge is 2.19. The molecule has 2 N–H and O–H groups in total. The standard InChI is InChI=1S/C14H19BrFNO3/c1-3-11(6-7-18)17-14(19)9(2)20-13-5-4-10(16)8-12(13)15/h4-5,8-9,11,18H,3,6-7H2,1-2H3,(H,17,19). The van der Waals surface area contributed by atoms with Crippen molar-refractivity contribution in [2.75, 3.05) is 6.61 Å². The molecule has 0 radical (unpaired) electrons. The maximum absolute atomic E-state index is 13.0. The Morgan fingerprint density at radius 2 is 2.25 bits per heavy atom. The van der Waals surface area contributed by atoms with Gasteiger partial charge in [0.05, 0.1) is 4.47 Å². The second-order valence-corrected chi connectivity index (χ2v) is 5.32. The summed E-state index contributed by atoms with van der Waals surface area (Å²) in [5.41, 5.74) is 0. The number of nitrogens with one attached hydrogen (secondary N) is 1. The van der Waals surface area contributed by atoms with Gasteiger partial charge in [-0.05, 0) is 53.9 Å². The number of hydrogen-bond donors (Lipinski definition) is 2. The molecular formula is C14H19BrFNO3. The van der Waals surface area contributed by atoms with Crippen molar-refractivity contribution in [3.05, 3.63) is 28.5 Å². The molecule has 0 aliphatic rings. The van der Waals surface area contributed by atoms with E-state index in [9.17, 15) is 9.18 Å². The summed E-state index contributed by atoms with van der Waals surface area (Å²) in [4.78, 5) is 12.0. The molecule has 0 saturated heterocycles. The average molecular weight is 348 g/mol. The van der Waals surface area contributed by atoms with Crippen LogP contribution < -0.4 is 10.1 Å². The Bertz CT molecular complexity index is 456. The van der Waals surface area contributed by atoms with E-state index in [4.69, 9.17) is 9.84 Å². The monoisotopic (exact) mass is 347 g/mol. The first-order chi connectivity index (χ1) is 9.47. The van der Waals surface area contributed by atoms with Crippen LogP contribution in [0.4, 0.5) is 4.39 Å². The fourth-order valence-electron chi connectivity index (χ4n) is 1.67. The van der Waals surface area contributed by atoms with Gasteiger partial charge in [0.15, 0.2) is 6.10 Å². The van der Waals surface area contributed by atoms with E-state index >= 15 is 0 Å². The Morgan fingerprint density at radius 3 is 2.80 bits per heavy atom. The first kappa shape index (κ1) is 16.9. The number of carbonyl (C=O) groups excluding carboxylic acids is 1. The molecule has 0 aromatic heterocycles. The molecule has 0 aliphatic carbocycles. The average Bonchev–Trinajstić information content (AvgIpc) is 2.41. The van der Waals surface area contributed by atoms with Gasteiger partial charge in [-0.3, -0.25) is 4.79 Å². The summed E-state index contributed by atoms with van der Waals surface area (Å²) in [6.07, 6.45) is 0.540. The van der Waals surface area contributed by atoms with E-state index in [1.165, 1.54) is 18.2 Å². The van der Waals surface area contributed by atoms with Gasteiger partial charge in [0.25, 0.3) is 5.91 Å². The molecule has 0 fully saturated rings. The van der Waals surface area contributed by atoms with Crippen molar-refractivity contribution in [3.8, 4) is 5.75 Å². The number of amides is 1. The number of benzene rings is 1. The number of aliphatic hydroxyl groups is 1. The van der Waals surface area contributed by atoms with E-state index in [2.05, 4.69) is 21.2 Å². The smallest absolute Gasteiger partial charge is 0.260 e. The van der Waals surface area contributed by atoms with E-state index in [1.807, 2.05) is 6.92 Å². The molecule has 1 amide bonds. The van der Waals surface area contributed by atoms with Crippen LogP contribution in [0.5, 0.6) is 5.75 Å². The van der Waals surface area contributed by atoms with Crippen molar-refractivity contribution >= 4 is 21.8 Å². The van der Waals surface area contributed by atoms with Gasteiger partial charge in [0, 0.05) is 12.6 Å². The summed E-state index contributed by atoms with van der Waals surface area (Å²) >= 11 is 3.18. The fourth-order valence-corrected chi connectivity index (χ4v) is 2.11. The predicted octanol–water partition coefficient (Wildman–Crippen LogP) is 2.63. The highest BCUT2D eigenvalue weighted by atomic mass is 79.9. The second kappa shape index (κ2) is 8.21. The van der Waals surface area contributed by atoms with Gasteiger partial charge in [-0.2, -0.15) is 0 Å². The molecule has 0 bridgehead atoms. The topological polar surface area (TPSA) is 58.6 Å². The third kappa shape index (κ3) is 5.09. The number of halogens is 2. The Kier molecular flexibility index (Phi) is 6.95. The maximum Gasteiger partial charge on any atom is 0.260 e. The molecule has 1 rings (SSSR count). The lowest BCUT2D eigenvalue weighted by Gasteiger charge is -2.20. The van der Waals surface area contributed by atoms with Crippen molar-refractivity contribution in [3.63, 3.8) is 0 Å². The zero-order valence-corrected chi connectivity index (χ0v) is 13.1. The molecule has 2 unspecified atom stereocenters. The molecule has 0 heterocycles. The Hall–Kier alpha value is -1.14.